The third-order valence-corrected chi connectivity index (χ3v) is 2.77. The molecule has 0 aliphatic heterocycles. The quantitative estimate of drug-likeness (QED) is 0.815. The van der Waals surface area contributed by atoms with E-state index in [1.54, 1.807) is 12.1 Å². The molecule has 18 heavy (non-hydrogen) atoms. The number of nitrogens with zero attached hydrogens (tertiary/aromatic N) is 1. The van der Waals surface area contributed by atoms with Gasteiger partial charge in [0.1, 0.15) is 10.6 Å². The molecule has 0 fully saturated rings. The fraction of sp³-hybridized carbons (Fsp3) is 0.417. The second-order valence-electron chi connectivity index (χ2n) is 4.36. The zero-order chi connectivity index (χ0) is 13.7. The highest BCUT2D eigenvalue weighted by molar-refractivity contribution is 9.10. The smallest absolute Gasteiger partial charge is 0.326 e. The molecular weight excluding hydrogens is 300 g/mol. The first-order chi connectivity index (χ1) is 8.40. The highest BCUT2D eigenvalue weighted by atomic mass is 79.9. The van der Waals surface area contributed by atoms with E-state index in [1.807, 2.05) is 13.8 Å². The van der Waals surface area contributed by atoms with Gasteiger partial charge in [-0.2, -0.15) is 0 Å². The minimum absolute atomic E-state index is 0.189. The van der Waals surface area contributed by atoms with Gasteiger partial charge >= 0.3 is 5.97 Å². The number of carboxylic acids is 1. The van der Waals surface area contributed by atoms with Crippen LogP contribution >= 0.6 is 15.9 Å². The molecule has 1 heterocycles. The fourth-order valence-electron chi connectivity index (χ4n) is 1.44. The van der Waals surface area contributed by atoms with E-state index in [1.165, 1.54) is 6.20 Å². The average molecular weight is 315 g/mol. The largest absolute Gasteiger partial charge is 0.480 e. The van der Waals surface area contributed by atoms with Gasteiger partial charge in [-0.05, 0) is 40.4 Å². The predicted octanol–water partition coefficient (Wildman–Crippen LogP) is 2.07. The van der Waals surface area contributed by atoms with E-state index < -0.39 is 17.9 Å². The normalized spacial score (nSPS) is 12.2. The minimum atomic E-state index is -1.03. The van der Waals surface area contributed by atoms with Gasteiger partial charge in [-0.25, -0.2) is 9.78 Å². The van der Waals surface area contributed by atoms with Gasteiger partial charge in [0.15, 0.2) is 0 Å². The zero-order valence-corrected chi connectivity index (χ0v) is 11.8. The number of carbonyl (C=O) groups excluding carboxylic acids is 1. The zero-order valence-electron chi connectivity index (χ0n) is 10.2. The van der Waals surface area contributed by atoms with Crippen LogP contribution in [-0.2, 0) is 4.79 Å². The van der Waals surface area contributed by atoms with Crippen molar-refractivity contribution in [1.29, 1.82) is 0 Å². The molecule has 0 aliphatic carbocycles. The number of hydrogen-bond acceptors (Lipinski definition) is 3. The minimum Gasteiger partial charge on any atom is -0.480 e. The van der Waals surface area contributed by atoms with E-state index >= 15 is 0 Å². The molecule has 5 nitrogen and oxygen atoms in total. The van der Waals surface area contributed by atoms with Crippen LogP contribution in [0.3, 0.4) is 0 Å². The van der Waals surface area contributed by atoms with Crippen LogP contribution in [0.25, 0.3) is 0 Å². The lowest BCUT2D eigenvalue weighted by Crippen LogP contribution is -2.41. The Bertz CT molecular complexity index is 431. The molecule has 0 bridgehead atoms. The molecule has 6 heteroatoms. The van der Waals surface area contributed by atoms with Crippen molar-refractivity contribution in [3.63, 3.8) is 0 Å². The molecule has 1 atom stereocenters. The molecule has 1 aromatic rings. The molecule has 2 N–H and O–H groups in total. The summed E-state index contributed by atoms with van der Waals surface area (Å²) in [6.45, 7) is 3.81. The number of carboxylic acid groups (broad SMARTS) is 1. The number of pyridine rings is 1. The van der Waals surface area contributed by atoms with Gasteiger partial charge in [0.2, 0.25) is 0 Å². The van der Waals surface area contributed by atoms with Crippen molar-refractivity contribution < 1.29 is 14.7 Å². The molecule has 0 aromatic carbocycles. The number of hydrogen-bond donors (Lipinski definition) is 2. The number of amides is 1. The summed E-state index contributed by atoms with van der Waals surface area (Å²) in [7, 11) is 0. The van der Waals surface area contributed by atoms with Crippen LogP contribution in [0, 0.1) is 5.92 Å². The average Bonchev–Trinajstić information content (AvgIpc) is 2.28. The number of aromatic nitrogens is 1. The van der Waals surface area contributed by atoms with Crippen LogP contribution in [0.2, 0.25) is 0 Å². The lowest BCUT2D eigenvalue weighted by molar-refractivity contribution is -0.139. The Morgan fingerprint density at radius 3 is 2.56 bits per heavy atom. The van der Waals surface area contributed by atoms with Crippen molar-refractivity contribution in [2.24, 2.45) is 5.92 Å². The third-order valence-electron chi connectivity index (χ3n) is 2.30. The molecule has 0 saturated carbocycles. The van der Waals surface area contributed by atoms with Crippen LogP contribution < -0.4 is 5.32 Å². The van der Waals surface area contributed by atoms with Crippen LogP contribution in [0.4, 0.5) is 0 Å². The summed E-state index contributed by atoms with van der Waals surface area (Å²) >= 11 is 3.16. The molecule has 0 saturated heterocycles. The maximum absolute atomic E-state index is 11.8. The van der Waals surface area contributed by atoms with E-state index in [0.717, 1.165) is 0 Å². The van der Waals surface area contributed by atoms with Gasteiger partial charge in [0.25, 0.3) is 5.91 Å². The standard InChI is InChI=1S/C12H15BrN2O3/c1-7(2)5-9(12(17)18)15-11(16)8-3-4-10(13)14-6-8/h3-4,6-7,9H,5H2,1-2H3,(H,15,16)(H,17,18). The summed E-state index contributed by atoms with van der Waals surface area (Å²) in [6, 6.07) is 2.34. The second kappa shape index (κ2) is 6.49. The van der Waals surface area contributed by atoms with E-state index in [-0.39, 0.29) is 5.92 Å². The summed E-state index contributed by atoms with van der Waals surface area (Å²) in [5.74, 6) is -1.26. The Balaban J connectivity index is 2.72. The summed E-state index contributed by atoms with van der Waals surface area (Å²) in [4.78, 5) is 26.8. The van der Waals surface area contributed by atoms with E-state index in [4.69, 9.17) is 5.11 Å². The molecule has 1 rings (SSSR count). The Labute approximate surface area is 114 Å². The summed E-state index contributed by atoms with van der Waals surface area (Å²) < 4.78 is 0.621. The van der Waals surface area contributed by atoms with Gasteiger partial charge in [0.05, 0.1) is 5.56 Å². The number of halogens is 1. The Kier molecular flexibility index (Phi) is 5.27. The number of aliphatic carboxylic acids is 1. The molecule has 0 spiro atoms. The number of rotatable bonds is 5. The van der Waals surface area contributed by atoms with Gasteiger partial charge in [-0.3, -0.25) is 4.79 Å². The molecular formula is C12H15BrN2O3. The molecule has 0 aliphatic rings. The first-order valence-electron chi connectivity index (χ1n) is 5.55. The lowest BCUT2D eigenvalue weighted by Gasteiger charge is -2.16. The third kappa shape index (κ3) is 4.44. The van der Waals surface area contributed by atoms with E-state index in [2.05, 4.69) is 26.2 Å². The van der Waals surface area contributed by atoms with Crippen molar-refractivity contribution in [1.82, 2.24) is 10.3 Å². The van der Waals surface area contributed by atoms with Crippen molar-refractivity contribution in [2.45, 2.75) is 26.3 Å². The van der Waals surface area contributed by atoms with Gasteiger partial charge in [-0.15, -0.1) is 0 Å². The highest BCUT2D eigenvalue weighted by Crippen LogP contribution is 2.09. The van der Waals surface area contributed by atoms with Gasteiger partial charge in [0, 0.05) is 6.20 Å². The lowest BCUT2D eigenvalue weighted by atomic mass is 10.0. The summed E-state index contributed by atoms with van der Waals surface area (Å²) in [5, 5.41) is 11.5. The summed E-state index contributed by atoms with van der Waals surface area (Å²) in [6.07, 6.45) is 1.79. The van der Waals surface area contributed by atoms with Crippen molar-refractivity contribution in [3.8, 4) is 0 Å². The number of carbonyl (C=O) groups is 2. The SMILES string of the molecule is CC(C)CC(NC(=O)c1ccc(Br)nc1)C(=O)O. The van der Waals surface area contributed by atoms with Crippen LogP contribution in [0.1, 0.15) is 30.6 Å². The van der Waals surface area contributed by atoms with Crippen LogP contribution in [0.5, 0.6) is 0 Å². The monoisotopic (exact) mass is 314 g/mol. The molecule has 1 aromatic heterocycles. The molecule has 1 amide bonds. The summed E-state index contributed by atoms with van der Waals surface area (Å²) in [5.41, 5.74) is 0.341. The Morgan fingerprint density at radius 2 is 2.11 bits per heavy atom. The second-order valence-corrected chi connectivity index (χ2v) is 5.18. The van der Waals surface area contributed by atoms with Gasteiger partial charge < -0.3 is 10.4 Å². The molecule has 98 valence electrons. The van der Waals surface area contributed by atoms with Crippen LogP contribution in [0.15, 0.2) is 22.9 Å². The Morgan fingerprint density at radius 1 is 1.44 bits per heavy atom. The van der Waals surface area contributed by atoms with Crippen molar-refractivity contribution >= 4 is 27.8 Å². The first kappa shape index (κ1) is 14.6. The highest BCUT2D eigenvalue weighted by Gasteiger charge is 2.21. The van der Waals surface area contributed by atoms with Crippen LogP contribution in [-0.4, -0.2) is 28.0 Å². The van der Waals surface area contributed by atoms with E-state index in [9.17, 15) is 9.59 Å². The maximum Gasteiger partial charge on any atom is 0.326 e. The van der Waals surface area contributed by atoms with Crippen molar-refractivity contribution in [3.05, 3.63) is 28.5 Å². The van der Waals surface area contributed by atoms with E-state index in [0.29, 0.717) is 16.6 Å². The molecule has 0 radical (unpaired) electrons. The number of nitrogens with one attached hydrogen (secondary N) is 1. The van der Waals surface area contributed by atoms with Gasteiger partial charge in [-0.1, -0.05) is 13.8 Å². The predicted molar refractivity (Wildman–Crippen MR) is 70.3 cm³/mol. The fourth-order valence-corrected chi connectivity index (χ4v) is 1.68. The topological polar surface area (TPSA) is 79.3 Å². The molecule has 1 unspecified atom stereocenters. The first-order valence-corrected chi connectivity index (χ1v) is 6.34. The maximum atomic E-state index is 11.8. The van der Waals surface area contributed by atoms with Crippen molar-refractivity contribution in [2.75, 3.05) is 0 Å². The Hall–Kier alpha value is -1.43.